The topological polar surface area (TPSA) is 44.8 Å². The number of hydrogen-bond acceptors (Lipinski definition) is 4. The van der Waals surface area contributed by atoms with E-state index in [1.807, 2.05) is 36.4 Å². The number of carbonyl (C=O) groups excluding carboxylic acids is 1. The fourth-order valence-corrected chi connectivity index (χ4v) is 3.87. The molecule has 148 valence electrons. The van der Waals surface area contributed by atoms with Crippen molar-refractivity contribution in [2.75, 3.05) is 54.5 Å². The number of piperazine rings is 1. The fourth-order valence-electron chi connectivity index (χ4n) is 3.87. The first-order valence-electron chi connectivity index (χ1n) is 9.94. The monoisotopic (exact) mass is 383 g/mol. The molecule has 0 unspecified atom stereocenters. The molecule has 6 heteroatoms. The first-order chi connectivity index (χ1) is 13.7. The summed E-state index contributed by atoms with van der Waals surface area (Å²) >= 11 is 0. The summed E-state index contributed by atoms with van der Waals surface area (Å²) < 4.78 is 19.3. The van der Waals surface area contributed by atoms with Gasteiger partial charge in [0.25, 0.3) is 0 Å². The second-order valence-electron chi connectivity index (χ2n) is 7.35. The zero-order valence-electron chi connectivity index (χ0n) is 15.9. The summed E-state index contributed by atoms with van der Waals surface area (Å²) in [6.45, 7) is 4.56. The highest BCUT2D eigenvalue weighted by Gasteiger charge is 2.22. The molecule has 5 nitrogen and oxygen atoms in total. The van der Waals surface area contributed by atoms with Crippen LogP contribution >= 0.6 is 0 Å². The number of nitrogens with zero attached hydrogens (tertiary/aromatic N) is 2. The van der Waals surface area contributed by atoms with Crippen LogP contribution in [-0.4, -0.2) is 45.3 Å². The quantitative estimate of drug-likeness (QED) is 0.878. The van der Waals surface area contributed by atoms with Crippen LogP contribution in [0.4, 0.5) is 21.5 Å². The lowest BCUT2D eigenvalue weighted by Crippen LogP contribution is -2.46. The van der Waals surface area contributed by atoms with Crippen LogP contribution in [0.1, 0.15) is 12.8 Å². The Bertz CT molecular complexity index is 798. The van der Waals surface area contributed by atoms with Crippen molar-refractivity contribution >= 4 is 23.0 Å². The van der Waals surface area contributed by atoms with Crippen LogP contribution in [0.15, 0.2) is 48.5 Å². The van der Waals surface area contributed by atoms with Crippen LogP contribution in [0.25, 0.3) is 0 Å². The lowest BCUT2D eigenvalue weighted by Gasteiger charge is -2.37. The van der Waals surface area contributed by atoms with Gasteiger partial charge < -0.3 is 19.9 Å². The van der Waals surface area contributed by atoms with Gasteiger partial charge in [-0.2, -0.15) is 0 Å². The van der Waals surface area contributed by atoms with Crippen molar-refractivity contribution in [3.63, 3.8) is 0 Å². The smallest absolute Gasteiger partial charge is 0.227 e. The van der Waals surface area contributed by atoms with E-state index in [2.05, 4.69) is 15.1 Å². The van der Waals surface area contributed by atoms with Gasteiger partial charge in [-0.3, -0.25) is 4.79 Å². The molecule has 28 heavy (non-hydrogen) atoms. The maximum Gasteiger partial charge on any atom is 0.227 e. The Kier molecular flexibility index (Phi) is 5.76. The van der Waals surface area contributed by atoms with E-state index in [-0.39, 0.29) is 17.6 Å². The van der Waals surface area contributed by atoms with Gasteiger partial charge in [0.1, 0.15) is 5.82 Å². The van der Waals surface area contributed by atoms with Crippen molar-refractivity contribution in [3.8, 4) is 0 Å². The number of ether oxygens (including phenoxy) is 1. The Hall–Kier alpha value is -2.60. The van der Waals surface area contributed by atoms with Crippen molar-refractivity contribution in [1.29, 1.82) is 0 Å². The van der Waals surface area contributed by atoms with Crippen LogP contribution in [0, 0.1) is 11.7 Å². The maximum absolute atomic E-state index is 14.0. The van der Waals surface area contributed by atoms with Gasteiger partial charge >= 0.3 is 0 Å². The lowest BCUT2D eigenvalue weighted by molar-refractivity contribution is -0.122. The zero-order chi connectivity index (χ0) is 19.3. The van der Waals surface area contributed by atoms with E-state index in [0.29, 0.717) is 18.9 Å². The normalized spacial score (nSPS) is 18.2. The number of benzene rings is 2. The van der Waals surface area contributed by atoms with E-state index in [1.54, 1.807) is 6.07 Å². The Morgan fingerprint density at radius 2 is 1.57 bits per heavy atom. The summed E-state index contributed by atoms with van der Waals surface area (Å²) in [6, 6.07) is 14.9. The number of carbonyl (C=O) groups is 1. The molecule has 0 bridgehead atoms. The number of para-hydroxylation sites is 1. The summed E-state index contributed by atoms with van der Waals surface area (Å²) in [5.74, 6) is -0.0463. The van der Waals surface area contributed by atoms with Crippen molar-refractivity contribution in [1.82, 2.24) is 0 Å². The second kappa shape index (κ2) is 8.61. The van der Waals surface area contributed by atoms with Gasteiger partial charge in [-0.05, 0) is 49.2 Å². The molecule has 2 aliphatic rings. The SMILES string of the molecule is O=C(Nc1ccc(N2CCN(c3ccccc3F)CC2)cc1)C1CCOCC1. The Morgan fingerprint density at radius 3 is 2.25 bits per heavy atom. The largest absolute Gasteiger partial charge is 0.381 e. The van der Waals surface area contributed by atoms with Gasteiger partial charge in [-0.15, -0.1) is 0 Å². The number of anilines is 3. The van der Waals surface area contributed by atoms with Crippen molar-refractivity contribution < 1.29 is 13.9 Å². The molecular formula is C22H26FN3O2. The number of nitrogens with one attached hydrogen (secondary N) is 1. The van der Waals surface area contributed by atoms with Gasteiger partial charge in [-0.25, -0.2) is 4.39 Å². The van der Waals surface area contributed by atoms with Crippen LogP contribution in [0.2, 0.25) is 0 Å². The molecular weight excluding hydrogens is 357 g/mol. The zero-order valence-corrected chi connectivity index (χ0v) is 15.9. The number of halogens is 1. The van der Waals surface area contributed by atoms with E-state index < -0.39 is 0 Å². The first kappa shape index (κ1) is 18.7. The minimum absolute atomic E-state index is 0.0416. The summed E-state index contributed by atoms with van der Waals surface area (Å²) in [5.41, 5.74) is 2.62. The van der Waals surface area contributed by atoms with Crippen LogP contribution in [-0.2, 0) is 9.53 Å². The molecule has 2 fully saturated rings. The first-order valence-corrected chi connectivity index (χ1v) is 9.94. The van der Waals surface area contributed by atoms with Gasteiger partial charge in [0.05, 0.1) is 5.69 Å². The lowest BCUT2D eigenvalue weighted by atomic mass is 9.99. The standard InChI is InChI=1S/C22H26FN3O2/c23-20-3-1-2-4-21(20)26-13-11-25(12-14-26)19-7-5-18(6-8-19)24-22(27)17-9-15-28-16-10-17/h1-8,17H,9-16H2,(H,24,27). The van der Waals surface area contributed by atoms with Gasteiger partial charge in [0.15, 0.2) is 0 Å². The molecule has 0 radical (unpaired) electrons. The Balaban J connectivity index is 1.32. The molecule has 0 saturated carbocycles. The molecule has 2 saturated heterocycles. The fraction of sp³-hybridized carbons (Fsp3) is 0.409. The predicted molar refractivity (Wildman–Crippen MR) is 109 cm³/mol. The predicted octanol–water partition coefficient (Wildman–Crippen LogP) is 3.52. The summed E-state index contributed by atoms with van der Waals surface area (Å²) in [5, 5.41) is 3.01. The highest BCUT2D eigenvalue weighted by Crippen LogP contribution is 2.24. The molecule has 2 aliphatic heterocycles. The van der Waals surface area contributed by atoms with Gasteiger partial charge in [0.2, 0.25) is 5.91 Å². The van der Waals surface area contributed by atoms with E-state index in [1.165, 1.54) is 6.07 Å². The van der Waals surface area contributed by atoms with Crippen LogP contribution < -0.4 is 15.1 Å². The summed E-state index contributed by atoms with van der Waals surface area (Å²) in [7, 11) is 0. The van der Waals surface area contributed by atoms with Gasteiger partial charge in [0, 0.05) is 56.7 Å². The van der Waals surface area contributed by atoms with E-state index >= 15 is 0 Å². The molecule has 1 amide bonds. The molecule has 1 N–H and O–H groups in total. The second-order valence-corrected chi connectivity index (χ2v) is 7.35. The molecule has 4 rings (SSSR count). The summed E-state index contributed by atoms with van der Waals surface area (Å²) in [4.78, 5) is 16.7. The van der Waals surface area contributed by atoms with Crippen molar-refractivity contribution in [3.05, 3.63) is 54.3 Å². The average Bonchev–Trinajstić information content (AvgIpc) is 2.75. The van der Waals surface area contributed by atoms with E-state index in [4.69, 9.17) is 4.74 Å². The van der Waals surface area contributed by atoms with Gasteiger partial charge in [-0.1, -0.05) is 12.1 Å². The highest BCUT2D eigenvalue weighted by atomic mass is 19.1. The number of hydrogen-bond donors (Lipinski definition) is 1. The van der Waals surface area contributed by atoms with Crippen molar-refractivity contribution in [2.24, 2.45) is 5.92 Å². The van der Waals surface area contributed by atoms with Crippen LogP contribution in [0.5, 0.6) is 0 Å². The third-order valence-electron chi connectivity index (χ3n) is 5.56. The minimum atomic E-state index is -0.166. The van der Waals surface area contributed by atoms with E-state index in [9.17, 15) is 9.18 Å². The van der Waals surface area contributed by atoms with Crippen molar-refractivity contribution in [2.45, 2.75) is 12.8 Å². The molecule has 0 atom stereocenters. The molecule has 2 aromatic carbocycles. The molecule has 0 spiro atoms. The highest BCUT2D eigenvalue weighted by molar-refractivity contribution is 5.92. The molecule has 0 aliphatic carbocycles. The van der Waals surface area contributed by atoms with Crippen LogP contribution in [0.3, 0.4) is 0 Å². The molecule has 2 aromatic rings. The third-order valence-corrected chi connectivity index (χ3v) is 5.56. The Morgan fingerprint density at radius 1 is 0.929 bits per heavy atom. The summed E-state index contributed by atoms with van der Waals surface area (Å²) in [6.07, 6.45) is 1.58. The molecule has 0 aromatic heterocycles. The molecule has 2 heterocycles. The minimum Gasteiger partial charge on any atom is -0.381 e. The van der Waals surface area contributed by atoms with E-state index in [0.717, 1.165) is 50.4 Å². The number of rotatable bonds is 4. The maximum atomic E-state index is 14.0. The average molecular weight is 383 g/mol. The third kappa shape index (κ3) is 4.28. The Labute approximate surface area is 165 Å². The number of amides is 1.